The number of furan rings is 1. The predicted molar refractivity (Wildman–Crippen MR) is 247 cm³/mol. The van der Waals surface area contributed by atoms with E-state index < -0.39 is 0 Å². The van der Waals surface area contributed by atoms with E-state index in [1.54, 1.807) is 0 Å². The van der Waals surface area contributed by atoms with E-state index in [1.807, 2.05) is 17.4 Å². The van der Waals surface area contributed by atoms with Gasteiger partial charge in [-0.15, -0.1) is 11.3 Å². The largest absolute Gasteiger partial charge is 0.456 e. The number of hydrogen-bond donors (Lipinski definition) is 0. The van der Waals surface area contributed by atoms with E-state index in [9.17, 15) is 0 Å². The quantitative estimate of drug-likeness (QED) is 0.168. The van der Waals surface area contributed by atoms with Gasteiger partial charge in [-0.25, -0.2) is 0 Å². The van der Waals surface area contributed by atoms with E-state index in [0.717, 1.165) is 50.3 Å². The van der Waals surface area contributed by atoms with Crippen LogP contribution in [0, 0.1) is 0 Å². The molecule has 12 aromatic rings. The highest BCUT2D eigenvalue weighted by atomic mass is 32.1. The molecule has 0 N–H and O–H groups in total. The zero-order valence-electron chi connectivity index (χ0n) is 31.3. The average Bonchev–Trinajstić information content (AvgIpc) is 3.97. The van der Waals surface area contributed by atoms with Crippen LogP contribution in [0.15, 0.2) is 211 Å². The van der Waals surface area contributed by atoms with Crippen molar-refractivity contribution >= 4 is 92.3 Å². The number of anilines is 3. The normalized spacial score (nSPS) is 11.8. The molecule has 3 aromatic heterocycles. The number of rotatable bonds is 6. The minimum atomic E-state index is 0.873. The lowest BCUT2D eigenvalue weighted by atomic mass is 9.93. The highest BCUT2D eigenvalue weighted by molar-refractivity contribution is 7.25. The van der Waals surface area contributed by atoms with Crippen molar-refractivity contribution in [1.29, 1.82) is 0 Å². The molecule has 3 heterocycles. The monoisotopic (exact) mass is 758 g/mol. The summed E-state index contributed by atoms with van der Waals surface area (Å²) in [6, 6.07) is 74.5. The first-order valence-corrected chi connectivity index (χ1v) is 20.5. The summed E-state index contributed by atoms with van der Waals surface area (Å²) >= 11 is 1.84. The number of aromatic nitrogens is 1. The van der Waals surface area contributed by atoms with Gasteiger partial charge in [0.2, 0.25) is 0 Å². The van der Waals surface area contributed by atoms with Crippen LogP contribution in [0.1, 0.15) is 0 Å². The number of hydrogen-bond acceptors (Lipinski definition) is 3. The van der Waals surface area contributed by atoms with Crippen LogP contribution in [0.5, 0.6) is 0 Å². The molecule has 0 saturated carbocycles. The minimum Gasteiger partial charge on any atom is -0.456 e. The molecule has 0 radical (unpaired) electrons. The maximum atomic E-state index is 6.42. The molecule has 0 fully saturated rings. The van der Waals surface area contributed by atoms with Gasteiger partial charge in [0.15, 0.2) is 0 Å². The first-order chi connectivity index (χ1) is 28.8. The molecule has 0 bridgehead atoms. The van der Waals surface area contributed by atoms with Gasteiger partial charge in [0.05, 0.1) is 27.8 Å². The Morgan fingerprint density at radius 2 is 0.983 bits per heavy atom. The molecular weight excluding hydrogens is 725 g/mol. The molecule has 0 spiro atoms. The number of fused-ring (bicyclic) bond motifs is 9. The topological polar surface area (TPSA) is 21.3 Å². The molecule has 9 aromatic carbocycles. The van der Waals surface area contributed by atoms with Gasteiger partial charge < -0.3 is 13.9 Å². The third-order valence-electron chi connectivity index (χ3n) is 11.6. The van der Waals surface area contributed by atoms with Gasteiger partial charge in [0.25, 0.3) is 0 Å². The van der Waals surface area contributed by atoms with Gasteiger partial charge in [0, 0.05) is 53.3 Å². The van der Waals surface area contributed by atoms with Crippen LogP contribution in [-0.4, -0.2) is 4.57 Å². The van der Waals surface area contributed by atoms with E-state index >= 15 is 0 Å². The SMILES string of the molecule is c1ccc(-c2ccccc2-n2c3ccccc3c3ccccc32)c(-c2ccc(N(c3ccc4sc5ccccc5c4c3)c3cccc4oc5ccccc5c34)cc2)c1. The molecule has 0 unspecified atom stereocenters. The Hall–Kier alpha value is -7.40. The molecule has 272 valence electrons. The van der Waals surface area contributed by atoms with Crippen LogP contribution < -0.4 is 4.90 Å². The Kier molecular flexibility index (Phi) is 7.40. The van der Waals surface area contributed by atoms with Gasteiger partial charge in [-0.2, -0.15) is 0 Å². The van der Waals surface area contributed by atoms with Crippen LogP contribution >= 0.6 is 11.3 Å². The molecule has 0 aliphatic rings. The zero-order valence-corrected chi connectivity index (χ0v) is 32.2. The average molecular weight is 759 g/mol. The van der Waals surface area contributed by atoms with Crippen LogP contribution in [0.25, 0.3) is 91.9 Å². The third kappa shape index (κ3) is 5.05. The van der Waals surface area contributed by atoms with Crippen molar-refractivity contribution in [1.82, 2.24) is 4.57 Å². The molecule has 0 saturated heterocycles. The molecule has 0 aliphatic heterocycles. The van der Waals surface area contributed by atoms with E-state index in [-0.39, 0.29) is 0 Å². The summed E-state index contributed by atoms with van der Waals surface area (Å²) in [6.45, 7) is 0. The van der Waals surface area contributed by atoms with Crippen LogP contribution in [0.3, 0.4) is 0 Å². The molecule has 0 aliphatic carbocycles. The number of nitrogens with zero attached hydrogens (tertiary/aromatic N) is 2. The molecule has 0 amide bonds. The summed E-state index contributed by atoms with van der Waals surface area (Å²) in [7, 11) is 0. The molecule has 0 atom stereocenters. The third-order valence-corrected chi connectivity index (χ3v) is 12.8. The summed E-state index contributed by atoms with van der Waals surface area (Å²) in [6.07, 6.45) is 0. The van der Waals surface area contributed by atoms with Crippen molar-refractivity contribution in [2.24, 2.45) is 0 Å². The summed E-state index contributed by atoms with van der Waals surface area (Å²) < 4.78 is 11.4. The second kappa shape index (κ2) is 13.1. The van der Waals surface area contributed by atoms with E-state index in [1.165, 1.54) is 58.7 Å². The highest BCUT2D eigenvalue weighted by Crippen LogP contribution is 2.46. The standard InChI is InChI=1S/C54H34N2OS/c1-2-15-39(40-16-3-8-21-46(40)56-47-22-9-4-17-41(47)42-18-5-10-23-48(42)56)38(14-1)35-28-30-36(31-29-35)55(37-32-33-53-45(34-37)43-19-7-12-27-52(43)58-53)49-24-13-26-51-54(49)44-20-6-11-25-50(44)57-51/h1-34H. The van der Waals surface area contributed by atoms with Crippen molar-refractivity contribution in [2.45, 2.75) is 0 Å². The van der Waals surface area contributed by atoms with Crippen molar-refractivity contribution in [2.75, 3.05) is 4.90 Å². The lowest BCUT2D eigenvalue weighted by Gasteiger charge is -2.27. The Balaban J connectivity index is 1.03. The second-order valence-electron chi connectivity index (χ2n) is 14.8. The van der Waals surface area contributed by atoms with Gasteiger partial charge >= 0.3 is 0 Å². The Morgan fingerprint density at radius 1 is 0.397 bits per heavy atom. The number of thiophene rings is 1. The molecular formula is C54H34N2OS. The summed E-state index contributed by atoms with van der Waals surface area (Å²) in [4.78, 5) is 2.39. The van der Waals surface area contributed by atoms with Crippen LogP contribution in [-0.2, 0) is 0 Å². The predicted octanol–water partition coefficient (Wildman–Crippen LogP) is 15.9. The Morgan fingerprint density at radius 3 is 1.78 bits per heavy atom. The Bertz CT molecular complexity index is 3480. The van der Waals surface area contributed by atoms with Gasteiger partial charge in [-0.3, -0.25) is 0 Å². The maximum Gasteiger partial charge on any atom is 0.137 e. The number of para-hydroxylation sites is 4. The van der Waals surface area contributed by atoms with Crippen molar-refractivity contribution in [3.63, 3.8) is 0 Å². The molecule has 12 rings (SSSR count). The molecule has 3 nitrogen and oxygen atoms in total. The molecule has 4 heteroatoms. The fourth-order valence-electron chi connectivity index (χ4n) is 9.06. The van der Waals surface area contributed by atoms with E-state index in [0.29, 0.717) is 0 Å². The second-order valence-corrected chi connectivity index (χ2v) is 15.9. The maximum absolute atomic E-state index is 6.42. The summed E-state index contributed by atoms with van der Waals surface area (Å²) in [5.41, 5.74) is 13.3. The van der Waals surface area contributed by atoms with Gasteiger partial charge in [0.1, 0.15) is 11.2 Å². The fourth-order valence-corrected chi connectivity index (χ4v) is 10.1. The first-order valence-electron chi connectivity index (χ1n) is 19.7. The molecule has 58 heavy (non-hydrogen) atoms. The number of benzene rings is 9. The van der Waals surface area contributed by atoms with Crippen LogP contribution in [0.2, 0.25) is 0 Å². The van der Waals surface area contributed by atoms with E-state index in [4.69, 9.17) is 4.42 Å². The van der Waals surface area contributed by atoms with E-state index in [2.05, 4.69) is 210 Å². The van der Waals surface area contributed by atoms with Crippen molar-refractivity contribution in [3.05, 3.63) is 206 Å². The van der Waals surface area contributed by atoms with Gasteiger partial charge in [-0.1, -0.05) is 133 Å². The lowest BCUT2D eigenvalue weighted by molar-refractivity contribution is 0.669. The summed E-state index contributed by atoms with van der Waals surface area (Å²) in [5, 5.41) is 7.26. The smallest absolute Gasteiger partial charge is 0.137 e. The Labute approximate surface area is 338 Å². The minimum absolute atomic E-state index is 0.873. The fraction of sp³-hybridized carbons (Fsp3) is 0. The summed E-state index contributed by atoms with van der Waals surface area (Å²) in [5.74, 6) is 0. The van der Waals surface area contributed by atoms with Crippen molar-refractivity contribution < 1.29 is 4.42 Å². The first kappa shape index (κ1) is 32.8. The van der Waals surface area contributed by atoms with Gasteiger partial charge in [-0.05, 0) is 89.5 Å². The van der Waals surface area contributed by atoms with Crippen molar-refractivity contribution in [3.8, 4) is 27.9 Å². The zero-order chi connectivity index (χ0) is 38.2. The highest BCUT2D eigenvalue weighted by Gasteiger charge is 2.22. The lowest BCUT2D eigenvalue weighted by Crippen LogP contribution is -2.10. The van der Waals surface area contributed by atoms with Crippen LogP contribution in [0.4, 0.5) is 17.1 Å².